The van der Waals surface area contributed by atoms with Crippen molar-refractivity contribution in [2.45, 2.75) is 52.5 Å². The van der Waals surface area contributed by atoms with Gasteiger partial charge in [-0.05, 0) is 81.1 Å². The lowest BCUT2D eigenvalue weighted by Gasteiger charge is -2.15. The second kappa shape index (κ2) is 8.93. The molecule has 0 atom stereocenters. The lowest BCUT2D eigenvalue weighted by Crippen LogP contribution is -2.13. The van der Waals surface area contributed by atoms with Gasteiger partial charge in [0.1, 0.15) is 11.5 Å². The summed E-state index contributed by atoms with van der Waals surface area (Å²) in [6, 6.07) is 14.2. The van der Waals surface area contributed by atoms with Crippen LogP contribution in [0.2, 0.25) is 0 Å². The number of aromatic nitrogens is 2. The van der Waals surface area contributed by atoms with E-state index in [1.165, 1.54) is 25.0 Å². The van der Waals surface area contributed by atoms with Crippen LogP contribution in [0.15, 0.2) is 59.3 Å². The molecule has 0 unspecified atom stereocenters. The molecule has 0 bridgehead atoms. The number of nitrogens with zero attached hydrogens (tertiary/aromatic N) is 2. The molecule has 2 aromatic heterocycles. The molecular weight excluding hydrogens is 429 g/mol. The molecule has 174 valence electrons. The summed E-state index contributed by atoms with van der Waals surface area (Å²) in [6.45, 7) is 6.01. The Kier molecular flexibility index (Phi) is 5.82. The number of carbonyl (C=O) groups is 1. The molecule has 34 heavy (non-hydrogen) atoms. The van der Waals surface area contributed by atoms with E-state index in [9.17, 15) is 9.18 Å². The molecule has 0 saturated heterocycles. The summed E-state index contributed by atoms with van der Waals surface area (Å²) in [5.41, 5.74) is 6.32. The number of anilines is 1. The van der Waals surface area contributed by atoms with E-state index in [1.54, 1.807) is 18.2 Å². The van der Waals surface area contributed by atoms with E-state index in [0.29, 0.717) is 11.8 Å². The van der Waals surface area contributed by atoms with Crippen molar-refractivity contribution < 1.29 is 13.6 Å². The van der Waals surface area contributed by atoms with Crippen LogP contribution in [0.4, 0.5) is 10.1 Å². The van der Waals surface area contributed by atoms with Gasteiger partial charge in [0.2, 0.25) is 0 Å². The van der Waals surface area contributed by atoms with Crippen molar-refractivity contribution in [3.05, 3.63) is 83.1 Å². The predicted octanol–water partition coefficient (Wildman–Crippen LogP) is 7.24. The maximum absolute atomic E-state index is 13.5. The average molecular weight is 458 g/mol. The van der Waals surface area contributed by atoms with E-state index in [2.05, 4.69) is 14.9 Å². The SMILES string of the molecule is Cc1cc(C)c(NC(=O)c2ccc(-c3c(-c4ccc(F)cc4)ncn3C3CCCC3)o2)c(C)c1. The van der Waals surface area contributed by atoms with E-state index in [4.69, 9.17) is 4.42 Å². The molecule has 5 nitrogen and oxygen atoms in total. The number of amides is 1. The predicted molar refractivity (Wildman–Crippen MR) is 131 cm³/mol. The summed E-state index contributed by atoms with van der Waals surface area (Å²) >= 11 is 0. The smallest absolute Gasteiger partial charge is 0.291 e. The van der Waals surface area contributed by atoms with Gasteiger partial charge >= 0.3 is 0 Å². The molecule has 6 heteroatoms. The molecule has 2 heterocycles. The Bertz CT molecular complexity index is 1320. The first-order chi connectivity index (χ1) is 16.4. The van der Waals surface area contributed by atoms with Crippen molar-refractivity contribution in [1.82, 2.24) is 9.55 Å². The van der Waals surface area contributed by atoms with Crippen LogP contribution in [0.25, 0.3) is 22.7 Å². The van der Waals surface area contributed by atoms with Crippen molar-refractivity contribution in [1.29, 1.82) is 0 Å². The minimum atomic E-state index is -0.295. The van der Waals surface area contributed by atoms with Crippen LogP contribution < -0.4 is 5.32 Å². The molecule has 2 aromatic carbocycles. The molecule has 5 rings (SSSR count). The standard InChI is InChI=1S/C28H28FN3O2/c1-17-14-18(2)25(19(3)15-17)31-28(33)24-13-12-23(34-24)27-26(20-8-10-21(29)11-9-20)30-16-32(27)22-6-4-5-7-22/h8-16,22H,4-7H2,1-3H3,(H,31,33). The molecule has 1 aliphatic rings. The van der Waals surface area contributed by atoms with Gasteiger partial charge in [-0.2, -0.15) is 0 Å². The Hall–Kier alpha value is -3.67. The number of rotatable bonds is 5. The maximum Gasteiger partial charge on any atom is 0.291 e. The normalized spacial score (nSPS) is 14.0. The first-order valence-electron chi connectivity index (χ1n) is 11.7. The molecule has 0 spiro atoms. The second-order valence-corrected chi connectivity index (χ2v) is 9.19. The van der Waals surface area contributed by atoms with Crippen LogP contribution >= 0.6 is 0 Å². The maximum atomic E-state index is 13.5. The van der Waals surface area contributed by atoms with E-state index < -0.39 is 0 Å². The number of furan rings is 1. The zero-order chi connectivity index (χ0) is 23.8. The van der Waals surface area contributed by atoms with Crippen LogP contribution in [-0.2, 0) is 0 Å². The van der Waals surface area contributed by atoms with Crippen molar-refractivity contribution in [3.63, 3.8) is 0 Å². The number of nitrogens with one attached hydrogen (secondary N) is 1. The Balaban J connectivity index is 1.51. The van der Waals surface area contributed by atoms with E-state index >= 15 is 0 Å². The Morgan fingerprint density at radius 2 is 1.71 bits per heavy atom. The number of halogens is 1. The van der Waals surface area contributed by atoms with Gasteiger partial charge in [0.25, 0.3) is 5.91 Å². The van der Waals surface area contributed by atoms with Gasteiger partial charge in [-0.1, -0.05) is 30.5 Å². The fraction of sp³-hybridized carbons (Fsp3) is 0.286. The molecule has 1 N–H and O–H groups in total. The lowest BCUT2D eigenvalue weighted by molar-refractivity contribution is 0.0997. The van der Waals surface area contributed by atoms with Gasteiger partial charge < -0.3 is 14.3 Å². The molecule has 1 saturated carbocycles. The third-order valence-electron chi connectivity index (χ3n) is 6.61. The van der Waals surface area contributed by atoms with Gasteiger partial charge in [0, 0.05) is 17.3 Å². The van der Waals surface area contributed by atoms with E-state index in [1.807, 2.05) is 45.3 Å². The topological polar surface area (TPSA) is 60.1 Å². The Morgan fingerprint density at radius 1 is 1.03 bits per heavy atom. The number of aryl methyl sites for hydroxylation is 3. The highest BCUT2D eigenvalue weighted by Crippen LogP contribution is 2.39. The van der Waals surface area contributed by atoms with Crippen molar-refractivity contribution in [2.75, 3.05) is 5.32 Å². The summed E-state index contributed by atoms with van der Waals surface area (Å²) in [5.74, 6) is 0.223. The molecule has 4 aromatic rings. The van der Waals surface area contributed by atoms with Gasteiger partial charge in [-0.15, -0.1) is 0 Å². The summed E-state index contributed by atoms with van der Waals surface area (Å²) in [4.78, 5) is 17.7. The van der Waals surface area contributed by atoms with Crippen molar-refractivity contribution >= 4 is 11.6 Å². The second-order valence-electron chi connectivity index (χ2n) is 9.19. The number of hydrogen-bond donors (Lipinski definition) is 1. The minimum Gasteiger partial charge on any atom is -0.449 e. The van der Waals surface area contributed by atoms with Crippen LogP contribution in [0, 0.1) is 26.6 Å². The molecule has 0 radical (unpaired) electrons. The summed E-state index contributed by atoms with van der Waals surface area (Å²) < 4.78 is 21.8. The highest BCUT2D eigenvalue weighted by atomic mass is 19.1. The average Bonchev–Trinajstić information content (AvgIpc) is 3.56. The summed E-state index contributed by atoms with van der Waals surface area (Å²) in [6.07, 6.45) is 6.34. The Labute approximate surface area is 198 Å². The summed E-state index contributed by atoms with van der Waals surface area (Å²) in [7, 11) is 0. The largest absolute Gasteiger partial charge is 0.449 e. The minimum absolute atomic E-state index is 0.235. The monoisotopic (exact) mass is 457 g/mol. The fourth-order valence-corrected chi connectivity index (χ4v) is 5.02. The third kappa shape index (κ3) is 4.16. The number of hydrogen-bond acceptors (Lipinski definition) is 3. The molecule has 1 fully saturated rings. The van der Waals surface area contributed by atoms with Crippen LogP contribution in [0.3, 0.4) is 0 Å². The van der Waals surface area contributed by atoms with Crippen molar-refractivity contribution in [3.8, 4) is 22.7 Å². The fourth-order valence-electron chi connectivity index (χ4n) is 5.02. The number of carbonyl (C=O) groups excluding carboxylic acids is 1. The number of benzene rings is 2. The molecule has 1 aliphatic carbocycles. The van der Waals surface area contributed by atoms with Gasteiger partial charge in [0.15, 0.2) is 11.5 Å². The highest BCUT2D eigenvalue weighted by molar-refractivity contribution is 6.03. The van der Waals surface area contributed by atoms with E-state index in [0.717, 1.165) is 52.2 Å². The van der Waals surface area contributed by atoms with E-state index in [-0.39, 0.29) is 17.5 Å². The van der Waals surface area contributed by atoms with Gasteiger partial charge in [-0.3, -0.25) is 4.79 Å². The molecule has 0 aliphatic heterocycles. The molecule has 1 amide bonds. The van der Waals surface area contributed by atoms with Gasteiger partial charge in [-0.25, -0.2) is 9.37 Å². The zero-order valence-corrected chi connectivity index (χ0v) is 19.7. The van der Waals surface area contributed by atoms with Crippen LogP contribution in [0.5, 0.6) is 0 Å². The van der Waals surface area contributed by atoms with Crippen LogP contribution in [0.1, 0.15) is 59.0 Å². The quantitative estimate of drug-likeness (QED) is 0.344. The van der Waals surface area contributed by atoms with Crippen molar-refractivity contribution in [2.24, 2.45) is 0 Å². The Morgan fingerprint density at radius 3 is 2.38 bits per heavy atom. The zero-order valence-electron chi connectivity index (χ0n) is 19.7. The number of imidazole rings is 1. The van der Waals surface area contributed by atoms with Gasteiger partial charge in [0.05, 0.1) is 12.0 Å². The third-order valence-corrected chi connectivity index (χ3v) is 6.61. The molecular formula is C28H28FN3O2. The summed E-state index contributed by atoms with van der Waals surface area (Å²) in [5, 5.41) is 3.01. The highest BCUT2D eigenvalue weighted by Gasteiger charge is 2.26. The first-order valence-corrected chi connectivity index (χ1v) is 11.7. The first kappa shape index (κ1) is 22.1. The lowest BCUT2D eigenvalue weighted by atomic mass is 10.1. The van der Waals surface area contributed by atoms with Crippen LogP contribution in [-0.4, -0.2) is 15.5 Å².